The summed E-state index contributed by atoms with van der Waals surface area (Å²) in [6, 6.07) is 9.76. The highest BCUT2D eigenvalue weighted by molar-refractivity contribution is 7.54. The van der Waals surface area contributed by atoms with Crippen molar-refractivity contribution in [3.63, 3.8) is 0 Å². The van der Waals surface area contributed by atoms with Gasteiger partial charge in [-0.25, -0.2) is 0 Å². The van der Waals surface area contributed by atoms with E-state index in [4.69, 9.17) is 9.05 Å². The Balaban J connectivity index is 2.35. The number of hydrogen-bond donors (Lipinski definition) is 0. The van der Waals surface area contributed by atoms with Gasteiger partial charge in [0.1, 0.15) is 5.78 Å². The number of likely N-dealkylation sites (N-methyl/N-ethyl adjacent to an activating group) is 1. The second kappa shape index (κ2) is 5.54. The van der Waals surface area contributed by atoms with E-state index in [1.165, 1.54) is 0 Å². The van der Waals surface area contributed by atoms with Crippen molar-refractivity contribution in [2.24, 2.45) is 0 Å². The van der Waals surface area contributed by atoms with Crippen molar-refractivity contribution < 1.29 is 13.6 Å². The van der Waals surface area contributed by atoms with Gasteiger partial charge in [-0.1, -0.05) is 30.3 Å². The zero-order chi connectivity index (χ0) is 13.2. The first kappa shape index (κ1) is 13.8. The molecule has 1 heterocycles. The molecule has 1 aromatic rings. The van der Waals surface area contributed by atoms with Crippen molar-refractivity contribution in [3.8, 4) is 0 Å². The summed E-state index contributed by atoms with van der Waals surface area (Å²) < 4.78 is 24.0. The molecule has 0 aliphatic carbocycles. The highest BCUT2D eigenvalue weighted by atomic mass is 31.2. The Labute approximate surface area is 108 Å². The lowest BCUT2D eigenvalue weighted by atomic mass is 10.2. The highest BCUT2D eigenvalue weighted by Crippen LogP contribution is 2.64. The van der Waals surface area contributed by atoms with Crippen LogP contribution in [-0.4, -0.2) is 31.2 Å². The van der Waals surface area contributed by atoms with E-state index in [-0.39, 0.29) is 11.9 Å². The van der Waals surface area contributed by atoms with Crippen LogP contribution in [-0.2, 0) is 13.6 Å². The maximum Gasteiger partial charge on any atom is 0.352 e. The number of benzene rings is 1. The van der Waals surface area contributed by atoms with Gasteiger partial charge in [0.15, 0.2) is 0 Å². The molecular formula is C13H20NO3P. The van der Waals surface area contributed by atoms with Crippen LogP contribution in [0.15, 0.2) is 30.3 Å². The van der Waals surface area contributed by atoms with Crippen LogP contribution in [0.4, 0.5) is 0 Å². The first-order valence-electron chi connectivity index (χ1n) is 6.21. The van der Waals surface area contributed by atoms with Crippen LogP contribution in [0.5, 0.6) is 0 Å². The number of hydrogen-bond acceptors (Lipinski definition) is 4. The van der Waals surface area contributed by atoms with Crippen LogP contribution in [0.1, 0.15) is 25.2 Å². The minimum atomic E-state index is -3.13. The predicted octanol–water partition coefficient (Wildman–Crippen LogP) is 3.27. The fourth-order valence-electron chi connectivity index (χ4n) is 2.19. The summed E-state index contributed by atoms with van der Waals surface area (Å²) in [5.74, 6) is -0.310. The van der Waals surface area contributed by atoms with E-state index in [2.05, 4.69) is 0 Å². The normalized spacial score (nSPS) is 29.7. The Kier molecular flexibility index (Phi) is 4.23. The van der Waals surface area contributed by atoms with Crippen LogP contribution in [0.3, 0.4) is 0 Å². The van der Waals surface area contributed by atoms with Crippen LogP contribution in [0.25, 0.3) is 0 Å². The minimum absolute atomic E-state index is 0.117. The summed E-state index contributed by atoms with van der Waals surface area (Å²) in [6.07, 6.45) is -0.117. The quantitative estimate of drug-likeness (QED) is 0.789. The molecule has 1 aromatic carbocycles. The van der Waals surface area contributed by atoms with Crippen molar-refractivity contribution in [1.82, 2.24) is 4.90 Å². The Bertz CT molecular complexity index is 435. The van der Waals surface area contributed by atoms with Gasteiger partial charge >= 0.3 is 7.60 Å². The molecule has 1 saturated heterocycles. The average Bonchev–Trinajstić information content (AvgIpc) is 2.28. The van der Waals surface area contributed by atoms with Crippen molar-refractivity contribution in [2.45, 2.75) is 25.7 Å². The maximum atomic E-state index is 12.9. The third-order valence-corrected chi connectivity index (χ3v) is 5.44. The molecule has 4 nitrogen and oxygen atoms in total. The summed E-state index contributed by atoms with van der Waals surface area (Å²) in [7, 11) is -1.18. The van der Waals surface area contributed by atoms with Gasteiger partial charge in [0, 0.05) is 6.54 Å². The van der Waals surface area contributed by atoms with Crippen molar-refractivity contribution in [2.75, 3.05) is 20.2 Å². The largest absolute Gasteiger partial charge is 0.352 e. The second-order valence-corrected chi connectivity index (χ2v) is 6.83. The van der Waals surface area contributed by atoms with Crippen molar-refractivity contribution in [3.05, 3.63) is 35.9 Å². The van der Waals surface area contributed by atoms with E-state index in [1.54, 1.807) is 0 Å². The third-order valence-electron chi connectivity index (χ3n) is 2.89. The smallest absolute Gasteiger partial charge is 0.306 e. The molecule has 0 amide bonds. The molecule has 1 aliphatic heterocycles. The van der Waals surface area contributed by atoms with Gasteiger partial charge < -0.3 is 9.05 Å². The molecule has 0 unspecified atom stereocenters. The van der Waals surface area contributed by atoms with Crippen LogP contribution in [0, 0.1) is 0 Å². The SMILES string of the molecule is CC(C)O[P@]1(=O)OCCN(C)[C@@H]1c1ccccc1. The molecule has 1 fully saturated rings. The van der Waals surface area contributed by atoms with E-state index in [0.717, 1.165) is 12.1 Å². The third kappa shape index (κ3) is 2.83. The molecule has 18 heavy (non-hydrogen) atoms. The minimum Gasteiger partial charge on any atom is -0.306 e. The van der Waals surface area contributed by atoms with Crippen LogP contribution < -0.4 is 0 Å². The molecule has 1 aliphatic rings. The van der Waals surface area contributed by atoms with Gasteiger partial charge in [-0.2, -0.15) is 0 Å². The lowest BCUT2D eigenvalue weighted by Crippen LogP contribution is -2.34. The number of rotatable bonds is 3. The van der Waals surface area contributed by atoms with Crippen LogP contribution in [0.2, 0.25) is 0 Å². The average molecular weight is 269 g/mol. The highest BCUT2D eigenvalue weighted by Gasteiger charge is 2.43. The van der Waals surface area contributed by atoms with E-state index >= 15 is 0 Å². The van der Waals surface area contributed by atoms with Gasteiger partial charge in [0.25, 0.3) is 0 Å². The molecule has 0 N–H and O–H groups in total. The van der Waals surface area contributed by atoms with Gasteiger partial charge in [-0.15, -0.1) is 0 Å². The maximum absolute atomic E-state index is 12.9. The molecule has 5 heteroatoms. The molecule has 0 saturated carbocycles. The lowest BCUT2D eigenvalue weighted by Gasteiger charge is -2.38. The summed E-state index contributed by atoms with van der Waals surface area (Å²) in [4.78, 5) is 2.04. The van der Waals surface area contributed by atoms with Crippen molar-refractivity contribution in [1.29, 1.82) is 0 Å². The molecule has 0 aromatic heterocycles. The molecule has 2 rings (SSSR count). The summed E-state index contributed by atoms with van der Waals surface area (Å²) >= 11 is 0. The molecule has 100 valence electrons. The fraction of sp³-hybridized carbons (Fsp3) is 0.538. The van der Waals surface area contributed by atoms with Crippen LogP contribution >= 0.6 is 7.60 Å². The summed E-state index contributed by atoms with van der Waals surface area (Å²) in [5, 5.41) is 0. The molecular weight excluding hydrogens is 249 g/mol. The zero-order valence-electron chi connectivity index (χ0n) is 11.1. The standard InChI is InChI=1S/C13H20NO3P/c1-11(2)17-18(15)13(14(3)9-10-16-18)12-7-5-4-6-8-12/h4-8,11,13H,9-10H2,1-3H3/t13-,18+/m0/s1. The van der Waals surface area contributed by atoms with E-state index < -0.39 is 7.60 Å². The first-order chi connectivity index (χ1) is 8.53. The van der Waals surface area contributed by atoms with E-state index in [1.807, 2.05) is 56.1 Å². The van der Waals surface area contributed by atoms with Crippen molar-refractivity contribution >= 4 is 7.60 Å². The summed E-state index contributed by atoms with van der Waals surface area (Å²) in [6.45, 7) is 4.95. The molecule has 2 atom stereocenters. The monoisotopic (exact) mass is 269 g/mol. The van der Waals surface area contributed by atoms with E-state index in [9.17, 15) is 4.57 Å². The predicted molar refractivity (Wildman–Crippen MR) is 71.6 cm³/mol. The first-order valence-corrected chi connectivity index (χ1v) is 7.82. The Morgan fingerprint density at radius 1 is 1.39 bits per heavy atom. The Hall–Kier alpha value is -0.670. The van der Waals surface area contributed by atoms with Gasteiger partial charge in [-0.05, 0) is 26.5 Å². The summed E-state index contributed by atoms with van der Waals surface area (Å²) in [5.41, 5.74) is 0.976. The molecule has 0 spiro atoms. The van der Waals surface area contributed by atoms with Gasteiger partial charge in [-0.3, -0.25) is 9.46 Å². The topological polar surface area (TPSA) is 38.8 Å². The Morgan fingerprint density at radius 2 is 2.06 bits per heavy atom. The molecule has 0 radical (unpaired) electrons. The van der Waals surface area contributed by atoms with Gasteiger partial charge in [0.05, 0.1) is 12.7 Å². The van der Waals surface area contributed by atoms with Gasteiger partial charge in [0.2, 0.25) is 0 Å². The lowest BCUT2D eigenvalue weighted by molar-refractivity contribution is 0.0968. The second-order valence-electron chi connectivity index (χ2n) is 4.79. The Morgan fingerprint density at radius 3 is 2.67 bits per heavy atom. The molecule has 0 bridgehead atoms. The zero-order valence-corrected chi connectivity index (χ0v) is 12.0. The fourth-order valence-corrected chi connectivity index (χ4v) is 4.57. The number of nitrogens with zero attached hydrogens (tertiary/aromatic N) is 1. The van der Waals surface area contributed by atoms with E-state index in [0.29, 0.717) is 6.61 Å².